The number of nitrogens with zero attached hydrogens (tertiary/aromatic N) is 2. The Morgan fingerprint density at radius 3 is 2.75 bits per heavy atom. The molecule has 1 aliphatic heterocycles. The lowest BCUT2D eigenvalue weighted by molar-refractivity contribution is 0.394. The first kappa shape index (κ1) is 13.3. The van der Waals surface area contributed by atoms with Crippen LogP contribution in [-0.2, 0) is 6.42 Å². The maximum absolute atomic E-state index is 4.75. The summed E-state index contributed by atoms with van der Waals surface area (Å²) in [5, 5.41) is 3.57. The molecule has 3 nitrogen and oxygen atoms in total. The topological polar surface area (TPSA) is 37.8 Å². The molecule has 0 spiro atoms. The summed E-state index contributed by atoms with van der Waals surface area (Å²) in [7, 11) is 0. The van der Waals surface area contributed by atoms with Gasteiger partial charge in [-0.15, -0.1) is 0 Å². The average molecular weight is 267 g/mol. The van der Waals surface area contributed by atoms with Crippen molar-refractivity contribution < 1.29 is 0 Å². The largest absolute Gasteiger partial charge is 0.314 e. The SMILES string of the molecule is Cc1cc(-c2ccccc2)nc(CC2CCCCN2)n1. The lowest BCUT2D eigenvalue weighted by Gasteiger charge is -2.22. The molecule has 1 N–H and O–H groups in total. The molecule has 20 heavy (non-hydrogen) atoms. The molecule has 1 saturated heterocycles. The van der Waals surface area contributed by atoms with E-state index in [4.69, 9.17) is 4.98 Å². The van der Waals surface area contributed by atoms with Crippen LogP contribution in [0.1, 0.15) is 30.8 Å². The molecule has 2 aromatic rings. The van der Waals surface area contributed by atoms with E-state index in [1.165, 1.54) is 19.3 Å². The van der Waals surface area contributed by atoms with Gasteiger partial charge in [-0.05, 0) is 32.4 Å². The molecular formula is C17H21N3. The first-order chi connectivity index (χ1) is 9.81. The number of rotatable bonds is 3. The minimum atomic E-state index is 0.536. The highest BCUT2D eigenvalue weighted by atomic mass is 14.9. The fraction of sp³-hybridized carbons (Fsp3) is 0.412. The highest BCUT2D eigenvalue weighted by molar-refractivity contribution is 5.59. The number of benzene rings is 1. The van der Waals surface area contributed by atoms with Crippen LogP contribution in [0.2, 0.25) is 0 Å². The van der Waals surface area contributed by atoms with E-state index < -0.39 is 0 Å². The van der Waals surface area contributed by atoms with Crippen molar-refractivity contribution in [1.82, 2.24) is 15.3 Å². The number of hydrogen-bond acceptors (Lipinski definition) is 3. The van der Waals surface area contributed by atoms with Crippen LogP contribution >= 0.6 is 0 Å². The van der Waals surface area contributed by atoms with Gasteiger partial charge in [-0.25, -0.2) is 9.97 Å². The fourth-order valence-corrected chi connectivity index (χ4v) is 2.80. The van der Waals surface area contributed by atoms with Gasteiger partial charge in [0, 0.05) is 23.7 Å². The molecule has 1 aliphatic rings. The third-order valence-electron chi connectivity index (χ3n) is 3.81. The Balaban J connectivity index is 1.83. The van der Waals surface area contributed by atoms with Crippen LogP contribution in [0.3, 0.4) is 0 Å². The number of hydrogen-bond donors (Lipinski definition) is 1. The smallest absolute Gasteiger partial charge is 0.130 e. The van der Waals surface area contributed by atoms with Crippen LogP contribution in [0, 0.1) is 6.92 Å². The molecule has 0 bridgehead atoms. The van der Waals surface area contributed by atoms with E-state index in [1.54, 1.807) is 0 Å². The van der Waals surface area contributed by atoms with Crippen LogP contribution in [0.5, 0.6) is 0 Å². The molecule has 3 heteroatoms. The van der Waals surface area contributed by atoms with Gasteiger partial charge in [0.05, 0.1) is 5.69 Å². The third kappa shape index (κ3) is 3.23. The predicted molar refractivity (Wildman–Crippen MR) is 81.6 cm³/mol. The maximum atomic E-state index is 4.75. The molecule has 1 aromatic carbocycles. The van der Waals surface area contributed by atoms with Crippen molar-refractivity contribution in [3.63, 3.8) is 0 Å². The van der Waals surface area contributed by atoms with E-state index in [2.05, 4.69) is 40.6 Å². The number of nitrogens with one attached hydrogen (secondary N) is 1. The second-order valence-corrected chi connectivity index (χ2v) is 5.53. The zero-order valence-corrected chi connectivity index (χ0v) is 12.0. The molecule has 104 valence electrons. The van der Waals surface area contributed by atoms with E-state index in [-0.39, 0.29) is 0 Å². The summed E-state index contributed by atoms with van der Waals surface area (Å²) >= 11 is 0. The van der Waals surface area contributed by atoms with Crippen molar-refractivity contribution in [3.8, 4) is 11.3 Å². The van der Waals surface area contributed by atoms with Gasteiger partial charge in [-0.2, -0.15) is 0 Å². The summed E-state index contributed by atoms with van der Waals surface area (Å²) in [6, 6.07) is 12.9. The van der Waals surface area contributed by atoms with Gasteiger partial charge in [0.1, 0.15) is 5.82 Å². The zero-order valence-electron chi connectivity index (χ0n) is 12.0. The van der Waals surface area contributed by atoms with Crippen LogP contribution in [0.25, 0.3) is 11.3 Å². The Labute approximate surface area is 120 Å². The summed E-state index contributed by atoms with van der Waals surface area (Å²) in [6.45, 7) is 3.17. The van der Waals surface area contributed by atoms with Crippen molar-refractivity contribution in [2.45, 2.75) is 38.6 Å². The summed E-state index contributed by atoms with van der Waals surface area (Å²) in [4.78, 5) is 9.35. The Kier molecular flexibility index (Phi) is 4.07. The van der Waals surface area contributed by atoms with Crippen molar-refractivity contribution in [1.29, 1.82) is 0 Å². The zero-order chi connectivity index (χ0) is 13.8. The molecule has 1 aromatic heterocycles. The number of aryl methyl sites for hydroxylation is 1. The molecule has 3 rings (SSSR count). The number of piperidine rings is 1. The van der Waals surface area contributed by atoms with Crippen LogP contribution in [0.15, 0.2) is 36.4 Å². The minimum absolute atomic E-state index is 0.536. The molecule has 0 radical (unpaired) electrons. The number of aromatic nitrogens is 2. The maximum Gasteiger partial charge on any atom is 0.130 e. The quantitative estimate of drug-likeness (QED) is 0.928. The standard InChI is InChI=1S/C17H21N3/c1-13-11-16(14-7-3-2-4-8-14)20-17(19-13)12-15-9-5-6-10-18-15/h2-4,7-8,11,15,18H,5-6,9-10,12H2,1H3. The molecule has 2 heterocycles. The first-order valence-electron chi connectivity index (χ1n) is 7.44. The van der Waals surface area contributed by atoms with Gasteiger partial charge < -0.3 is 5.32 Å². The monoisotopic (exact) mass is 267 g/mol. The fourth-order valence-electron chi connectivity index (χ4n) is 2.80. The van der Waals surface area contributed by atoms with Crippen molar-refractivity contribution >= 4 is 0 Å². The predicted octanol–water partition coefficient (Wildman–Crippen LogP) is 3.14. The molecule has 0 saturated carbocycles. The van der Waals surface area contributed by atoms with E-state index in [0.29, 0.717) is 6.04 Å². The summed E-state index contributed by atoms with van der Waals surface area (Å²) in [5.74, 6) is 0.961. The van der Waals surface area contributed by atoms with Crippen LogP contribution in [0.4, 0.5) is 0 Å². The van der Waals surface area contributed by atoms with Gasteiger partial charge in [0.15, 0.2) is 0 Å². The minimum Gasteiger partial charge on any atom is -0.314 e. The molecule has 1 unspecified atom stereocenters. The normalized spacial score (nSPS) is 18.9. The average Bonchev–Trinajstić information content (AvgIpc) is 2.49. The molecule has 0 aliphatic carbocycles. The highest BCUT2D eigenvalue weighted by Gasteiger charge is 2.15. The lowest BCUT2D eigenvalue weighted by atomic mass is 10.0. The van der Waals surface area contributed by atoms with E-state index in [1.807, 2.05) is 13.0 Å². The molecular weight excluding hydrogens is 246 g/mol. The van der Waals surface area contributed by atoms with Crippen LogP contribution in [-0.4, -0.2) is 22.6 Å². The van der Waals surface area contributed by atoms with Gasteiger partial charge in [0.25, 0.3) is 0 Å². The van der Waals surface area contributed by atoms with E-state index in [0.717, 1.165) is 35.7 Å². The van der Waals surface area contributed by atoms with Gasteiger partial charge >= 0.3 is 0 Å². The Morgan fingerprint density at radius 1 is 1.15 bits per heavy atom. The first-order valence-corrected chi connectivity index (χ1v) is 7.44. The Bertz CT molecular complexity index is 560. The summed E-state index contributed by atoms with van der Waals surface area (Å²) < 4.78 is 0. The Hall–Kier alpha value is -1.74. The summed E-state index contributed by atoms with van der Waals surface area (Å²) in [6.07, 6.45) is 4.77. The van der Waals surface area contributed by atoms with Gasteiger partial charge in [0.2, 0.25) is 0 Å². The Morgan fingerprint density at radius 2 is 2.00 bits per heavy atom. The van der Waals surface area contributed by atoms with Crippen molar-refractivity contribution in [3.05, 3.63) is 47.9 Å². The molecule has 0 amide bonds. The lowest BCUT2D eigenvalue weighted by Crippen LogP contribution is -2.36. The molecule has 1 atom stereocenters. The van der Waals surface area contributed by atoms with Crippen LogP contribution < -0.4 is 5.32 Å². The highest BCUT2D eigenvalue weighted by Crippen LogP contribution is 2.18. The van der Waals surface area contributed by atoms with Gasteiger partial charge in [-0.3, -0.25) is 0 Å². The second kappa shape index (κ2) is 6.14. The van der Waals surface area contributed by atoms with Crippen molar-refractivity contribution in [2.75, 3.05) is 6.54 Å². The third-order valence-corrected chi connectivity index (χ3v) is 3.81. The van der Waals surface area contributed by atoms with E-state index in [9.17, 15) is 0 Å². The van der Waals surface area contributed by atoms with Gasteiger partial charge in [-0.1, -0.05) is 36.8 Å². The van der Waals surface area contributed by atoms with Crippen molar-refractivity contribution in [2.24, 2.45) is 0 Å². The van der Waals surface area contributed by atoms with E-state index >= 15 is 0 Å². The molecule has 1 fully saturated rings. The summed E-state index contributed by atoms with van der Waals surface area (Å²) in [5.41, 5.74) is 3.24. The second-order valence-electron chi connectivity index (χ2n) is 5.53.